The molecule has 0 unspecified atom stereocenters. The number of hydrogen-bond donors (Lipinski definition) is 1. The Balaban J connectivity index is 2.69. The topological polar surface area (TPSA) is 81.2 Å². The van der Waals surface area contributed by atoms with Gasteiger partial charge < -0.3 is 4.74 Å². The molecular formula is C7H7N3O3. The Morgan fingerprint density at radius 3 is 2.62 bits per heavy atom. The molecule has 0 saturated heterocycles. The molecule has 0 fully saturated rings. The number of nitrogens with one attached hydrogen (secondary N) is 1. The van der Waals surface area contributed by atoms with E-state index in [1.807, 2.05) is 0 Å². The molecule has 68 valence electrons. The van der Waals surface area contributed by atoms with Gasteiger partial charge in [-0.05, 0) is 0 Å². The van der Waals surface area contributed by atoms with Gasteiger partial charge in [0.25, 0.3) is 0 Å². The first-order valence-corrected chi connectivity index (χ1v) is 3.38. The number of aldehydes is 1. The lowest BCUT2D eigenvalue weighted by Crippen LogP contribution is -2.13. The highest BCUT2D eigenvalue weighted by molar-refractivity contribution is 5.82. The second-order valence-corrected chi connectivity index (χ2v) is 2.07. The largest absolute Gasteiger partial charge is 0.453 e. The zero-order valence-electron chi connectivity index (χ0n) is 6.85. The van der Waals surface area contributed by atoms with Gasteiger partial charge >= 0.3 is 6.09 Å². The number of anilines is 1. The van der Waals surface area contributed by atoms with E-state index in [4.69, 9.17) is 0 Å². The van der Waals surface area contributed by atoms with Gasteiger partial charge in [0, 0.05) is 12.4 Å². The zero-order valence-corrected chi connectivity index (χ0v) is 6.85. The van der Waals surface area contributed by atoms with Crippen molar-refractivity contribution in [1.82, 2.24) is 9.97 Å². The van der Waals surface area contributed by atoms with Gasteiger partial charge in [0.1, 0.15) is 0 Å². The van der Waals surface area contributed by atoms with Crippen LogP contribution in [0.2, 0.25) is 0 Å². The Morgan fingerprint density at radius 1 is 1.54 bits per heavy atom. The van der Waals surface area contributed by atoms with Crippen molar-refractivity contribution < 1.29 is 14.3 Å². The minimum Gasteiger partial charge on any atom is -0.453 e. The maximum Gasteiger partial charge on any atom is 0.413 e. The summed E-state index contributed by atoms with van der Waals surface area (Å²) in [6.45, 7) is 0. The predicted molar refractivity (Wildman–Crippen MR) is 43.4 cm³/mol. The lowest BCUT2D eigenvalue weighted by molar-refractivity contribution is 0.112. The molecule has 0 spiro atoms. The van der Waals surface area contributed by atoms with Gasteiger partial charge in [-0.3, -0.25) is 10.1 Å². The van der Waals surface area contributed by atoms with Gasteiger partial charge in [0.05, 0.1) is 12.7 Å². The second kappa shape index (κ2) is 4.15. The Bertz CT molecular complexity index is 309. The summed E-state index contributed by atoms with van der Waals surface area (Å²) in [4.78, 5) is 28.2. The van der Waals surface area contributed by atoms with Crippen LogP contribution in [0, 0.1) is 0 Å². The van der Waals surface area contributed by atoms with E-state index >= 15 is 0 Å². The number of aromatic nitrogens is 2. The molecule has 1 heterocycles. The molecule has 1 N–H and O–H groups in total. The van der Waals surface area contributed by atoms with Crippen molar-refractivity contribution in [2.24, 2.45) is 0 Å². The van der Waals surface area contributed by atoms with Gasteiger partial charge in [0.2, 0.25) is 5.95 Å². The van der Waals surface area contributed by atoms with Crippen LogP contribution in [0.3, 0.4) is 0 Å². The van der Waals surface area contributed by atoms with Crippen molar-refractivity contribution in [2.75, 3.05) is 12.4 Å². The minimum absolute atomic E-state index is 0.0949. The summed E-state index contributed by atoms with van der Waals surface area (Å²) in [7, 11) is 1.23. The summed E-state index contributed by atoms with van der Waals surface area (Å²) in [5, 5.41) is 2.24. The first-order valence-electron chi connectivity index (χ1n) is 3.38. The van der Waals surface area contributed by atoms with E-state index in [-0.39, 0.29) is 5.95 Å². The van der Waals surface area contributed by atoms with Gasteiger partial charge in [-0.1, -0.05) is 0 Å². The van der Waals surface area contributed by atoms with Crippen LogP contribution in [-0.2, 0) is 4.74 Å². The van der Waals surface area contributed by atoms with Gasteiger partial charge in [-0.15, -0.1) is 0 Å². The molecule has 0 atom stereocenters. The first-order chi connectivity index (χ1) is 6.26. The van der Waals surface area contributed by atoms with Crippen molar-refractivity contribution in [3.05, 3.63) is 18.0 Å². The average molecular weight is 181 g/mol. The van der Waals surface area contributed by atoms with Crippen molar-refractivity contribution in [3.8, 4) is 0 Å². The Labute approximate surface area is 74.0 Å². The molecule has 1 rings (SSSR count). The van der Waals surface area contributed by atoms with Crippen LogP contribution in [0.5, 0.6) is 0 Å². The number of nitrogens with zero attached hydrogens (tertiary/aromatic N) is 2. The van der Waals surface area contributed by atoms with Crippen LogP contribution in [0.4, 0.5) is 10.7 Å². The number of carbonyl (C=O) groups is 2. The zero-order chi connectivity index (χ0) is 9.68. The molecule has 0 aliphatic carbocycles. The number of amides is 1. The SMILES string of the molecule is COC(=O)Nc1ncc(C=O)cn1. The third-order valence-corrected chi connectivity index (χ3v) is 1.21. The monoisotopic (exact) mass is 181 g/mol. The summed E-state index contributed by atoms with van der Waals surface area (Å²) in [6.07, 6.45) is 2.55. The summed E-state index contributed by atoms with van der Waals surface area (Å²) >= 11 is 0. The van der Waals surface area contributed by atoms with Gasteiger partial charge in [0.15, 0.2) is 6.29 Å². The van der Waals surface area contributed by atoms with Crippen LogP contribution in [0.25, 0.3) is 0 Å². The normalized spacial score (nSPS) is 9.00. The molecule has 0 aliphatic rings. The quantitative estimate of drug-likeness (QED) is 0.670. The molecule has 0 bridgehead atoms. The molecule has 0 aromatic carbocycles. The van der Waals surface area contributed by atoms with E-state index in [2.05, 4.69) is 20.0 Å². The van der Waals surface area contributed by atoms with Crippen LogP contribution in [-0.4, -0.2) is 29.5 Å². The van der Waals surface area contributed by atoms with E-state index in [0.29, 0.717) is 11.8 Å². The van der Waals surface area contributed by atoms with E-state index in [1.54, 1.807) is 0 Å². The number of ether oxygens (including phenoxy) is 1. The maximum atomic E-state index is 10.7. The third kappa shape index (κ3) is 2.51. The van der Waals surface area contributed by atoms with Crippen molar-refractivity contribution >= 4 is 18.3 Å². The van der Waals surface area contributed by atoms with Crippen LogP contribution >= 0.6 is 0 Å². The third-order valence-electron chi connectivity index (χ3n) is 1.21. The highest BCUT2D eigenvalue weighted by Crippen LogP contribution is 1.97. The second-order valence-electron chi connectivity index (χ2n) is 2.07. The minimum atomic E-state index is -0.654. The van der Waals surface area contributed by atoms with Crippen molar-refractivity contribution in [1.29, 1.82) is 0 Å². The van der Waals surface area contributed by atoms with Gasteiger partial charge in [-0.25, -0.2) is 14.8 Å². The van der Waals surface area contributed by atoms with E-state index in [0.717, 1.165) is 0 Å². The molecule has 0 radical (unpaired) electrons. The summed E-state index contributed by atoms with van der Waals surface area (Å²) < 4.78 is 4.31. The highest BCUT2D eigenvalue weighted by atomic mass is 16.5. The highest BCUT2D eigenvalue weighted by Gasteiger charge is 2.01. The summed E-state index contributed by atoms with van der Waals surface area (Å²) in [6, 6.07) is 0. The Kier molecular flexibility index (Phi) is 2.91. The van der Waals surface area contributed by atoms with E-state index < -0.39 is 6.09 Å². The van der Waals surface area contributed by atoms with Gasteiger partial charge in [-0.2, -0.15) is 0 Å². The lowest BCUT2D eigenvalue weighted by atomic mass is 10.4. The smallest absolute Gasteiger partial charge is 0.413 e. The summed E-state index contributed by atoms with van der Waals surface area (Å²) in [5.41, 5.74) is 0.343. The number of methoxy groups -OCH3 is 1. The van der Waals surface area contributed by atoms with E-state index in [9.17, 15) is 9.59 Å². The summed E-state index contributed by atoms with van der Waals surface area (Å²) in [5.74, 6) is 0.0949. The average Bonchev–Trinajstić information content (AvgIpc) is 2.19. The molecule has 1 aromatic rings. The fourth-order valence-corrected chi connectivity index (χ4v) is 0.606. The van der Waals surface area contributed by atoms with Crippen LogP contribution in [0.1, 0.15) is 10.4 Å². The van der Waals surface area contributed by atoms with E-state index in [1.165, 1.54) is 19.5 Å². The molecule has 6 nitrogen and oxygen atoms in total. The van der Waals surface area contributed by atoms with Crippen LogP contribution < -0.4 is 5.32 Å². The standard InChI is InChI=1S/C7H7N3O3/c1-13-7(12)10-6-8-2-5(4-11)3-9-6/h2-4H,1H3,(H,8,9,10,12). The first kappa shape index (κ1) is 9.11. The Morgan fingerprint density at radius 2 is 2.15 bits per heavy atom. The van der Waals surface area contributed by atoms with Crippen molar-refractivity contribution in [2.45, 2.75) is 0 Å². The number of hydrogen-bond acceptors (Lipinski definition) is 5. The molecule has 1 amide bonds. The number of rotatable bonds is 2. The fourth-order valence-electron chi connectivity index (χ4n) is 0.606. The molecule has 0 saturated carbocycles. The predicted octanol–water partition coefficient (Wildman–Crippen LogP) is 0.467. The van der Waals surface area contributed by atoms with Crippen LogP contribution in [0.15, 0.2) is 12.4 Å². The molecule has 0 aliphatic heterocycles. The molecular weight excluding hydrogens is 174 g/mol. The Hall–Kier alpha value is -1.98. The fraction of sp³-hybridized carbons (Fsp3) is 0.143. The van der Waals surface area contributed by atoms with Crippen molar-refractivity contribution in [3.63, 3.8) is 0 Å². The number of carbonyl (C=O) groups excluding carboxylic acids is 2. The molecule has 6 heteroatoms. The molecule has 13 heavy (non-hydrogen) atoms. The molecule has 1 aromatic heterocycles. The maximum absolute atomic E-state index is 10.7. The lowest BCUT2D eigenvalue weighted by Gasteiger charge is -2.00.